The molecule has 0 aliphatic heterocycles. The molecule has 7 nitrogen and oxygen atoms in total. The predicted molar refractivity (Wildman–Crippen MR) is 157 cm³/mol. The molecule has 0 saturated heterocycles. The van der Waals surface area contributed by atoms with Gasteiger partial charge in [-0.15, -0.1) is 0 Å². The maximum atomic E-state index is 14.0. The summed E-state index contributed by atoms with van der Waals surface area (Å²) in [5, 5.41) is 23.6. The zero-order valence-corrected chi connectivity index (χ0v) is 24.5. The minimum absolute atomic E-state index is 0.0732. The second-order valence-electron chi connectivity index (χ2n) is 11.2. The van der Waals surface area contributed by atoms with Gasteiger partial charge in [-0.1, -0.05) is 30.7 Å². The smallest absolute Gasteiger partial charge is 0.247 e. The summed E-state index contributed by atoms with van der Waals surface area (Å²) in [5.74, 6) is 1.35. The van der Waals surface area contributed by atoms with Crippen LogP contribution in [0, 0.1) is 27.1 Å². The molecule has 3 N–H and O–H groups in total. The highest BCUT2D eigenvalue weighted by Crippen LogP contribution is 2.49. The summed E-state index contributed by atoms with van der Waals surface area (Å²) in [6, 6.07) is 12.7. The van der Waals surface area contributed by atoms with Crippen LogP contribution < -0.4 is 10.1 Å². The molecule has 2 aromatic carbocycles. The molecule has 3 aliphatic carbocycles. The molecule has 2 aromatic rings. The Balaban J connectivity index is 1.45. The first kappa shape index (κ1) is 29.0. The molecule has 0 spiro atoms. The molecule has 9 heteroatoms. The molecule has 2 amide bonds. The van der Waals surface area contributed by atoms with Crippen molar-refractivity contribution in [2.24, 2.45) is 17.8 Å². The lowest BCUT2D eigenvalue weighted by Gasteiger charge is -2.41. The standard InChI is InChI=1S/C31H36FIN2O5/c32-24-9-6-19(7-10-24)18-35(29(37)17-22-14-20-5-8-21(22)13-20)26-15-23(31(39)34-11-12-36)16-28(30(26)38)40-27-4-2-1-3-25(27)33/h1-4,6-7,9-10,16,20-22,26,28,30,36,38H,5,8,11-15,17-18H2,(H,34,39)/t20?,21?,22?,26-,28+,30+/m1/s1. The third-order valence-corrected chi connectivity index (χ3v) is 9.51. The van der Waals surface area contributed by atoms with Crippen molar-refractivity contribution in [2.45, 2.75) is 63.3 Å². The highest BCUT2D eigenvalue weighted by molar-refractivity contribution is 14.1. The van der Waals surface area contributed by atoms with E-state index < -0.39 is 18.2 Å². The van der Waals surface area contributed by atoms with Crippen LogP contribution >= 0.6 is 22.6 Å². The van der Waals surface area contributed by atoms with Crippen molar-refractivity contribution in [2.75, 3.05) is 13.2 Å². The Morgan fingerprint density at radius 2 is 1.88 bits per heavy atom. The molecule has 0 radical (unpaired) electrons. The fourth-order valence-electron chi connectivity index (χ4n) is 6.61. The number of hydrogen-bond acceptors (Lipinski definition) is 5. The summed E-state index contributed by atoms with van der Waals surface area (Å²) in [4.78, 5) is 28.7. The monoisotopic (exact) mass is 662 g/mol. The average Bonchev–Trinajstić information content (AvgIpc) is 3.57. The second kappa shape index (κ2) is 13.0. The maximum absolute atomic E-state index is 14.0. The van der Waals surface area contributed by atoms with E-state index in [0.29, 0.717) is 35.5 Å². The van der Waals surface area contributed by atoms with Crippen LogP contribution in [0.2, 0.25) is 0 Å². The number of carbonyl (C=O) groups excluding carboxylic acids is 2. The van der Waals surface area contributed by atoms with Crippen LogP contribution in [-0.2, 0) is 16.1 Å². The molecule has 5 rings (SSSR count). The van der Waals surface area contributed by atoms with Gasteiger partial charge in [-0.3, -0.25) is 9.59 Å². The quantitative estimate of drug-likeness (QED) is 0.332. The summed E-state index contributed by atoms with van der Waals surface area (Å²) in [6.45, 7) is 0.0721. The number of aliphatic hydroxyl groups is 2. The summed E-state index contributed by atoms with van der Waals surface area (Å²) in [7, 11) is 0. The first-order valence-electron chi connectivity index (χ1n) is 14.0. The number of fused-ring (bicyclic) bond motifs is 2. The van der Waals surface area contributed by atoms with Gasteiger partial charge in [-0.2, -0.15) is 0 Å². The molecule has 2 saturated carbocycles. The molecule has 3 aliphatic rings. The van der Waals surface area contributed by atoms with Crippen LogP contribution in [-0.4, -0.2) is 58.3 Å². The van der Waals surface area contributed by atoms with Crippen molar-refractivity contribution in [3.8, 4) is 5.75 Å². The van der Waals surface area contributed by atoms with Gasteiger partial charge in [-0.25, -0.2) is 4.39 Å². The third-order valence-electron chi connectivity index (χ3n) is 8.62. The van der Waals surface area contributed by atoms with Crippen LogP contribution in [0.25, 0.3) is 0 Å². The van der Waals surface area contributed by atoms with E-state index in [0.717, 1.165) is 22.0 Å². The van der Waals surface area contributed by atoms with E-state index in [1.54, 1.807) is 29.2 Å². The number of amides is 2. The van der Waals surface area contributed by atoms with Crippen LogP contribution in [0.5, 0.6) is 5.75 Å². The summed E-state index contributed by atoms with van der Waals surface area (Å²) in [6.07, 6.45) is 4.81. The van der Waals surface area contributed by atoms with Gasteiger partial charge in [0.1, 0.15) is 23.8 Å². The molecule has 3 unspecified atom stereocenters. The third kappa shape index (κ3) is 6.69. The Morgan fingerprint density at radius 1 is 1.10 bits per heavy atom. The van der Waals surface area contributed by atoms with Gasteiger partial charge in [0.05, 0.1) is 16.2 Å². The first-order valence-corrected chi connectivity index (χ1v) is 15.1. The maximum Gasteiger partial charge on any atom is 0.247 e. The summed E-state index contributed by atoms with van der Waals surface area (Å²) >= 11 is 2.15. The number of para-hydroxylation sites is 1. The number of aliphatic hydroxyl groups excluding tert-OH is 2. The van der Waals surface area contributed by atoms with E-state index >= 15 is 0 Å². The molecule has 0 heterocycles. The van der Waals surface area contributed by atoms with Crippen molar-refractivity contribution >= 4 is 34.4 Å². The van der Waals surface area contributed by atoms with Gasteiger partial charge >= 0.3 is 0 Å². The van der Waals surface area contributed by atoms with E-state index in [-0.39, 0.29) is 43.7 Å². The molecule has 2 fully saturated rings. The zero-order chi connectivity index (χ0) is 28.2. The zero-order valence-electron chi connectivity index (χ0n) is 22.3. The van der Waals surface area contributed by atoms with Gasteiger partial charge in [0.25, 0.3) is 0 Å². The summed E-state index contributed by atoms with van der Waals surface area (Å²) in [5.41, 5.74) is 1.13. The number of carbonyl (C=O) groups is 2. The molecule has 0 aromatic heterocycles. The lowest BCUT2D eigenvalue weighted by molar-refractivity contribution is -0.141. The Bertz CT molecular complexity index is 1240. The normalized spacial score (nSPS) is 27.2. The lowest BCUT2D eigenvalue weighted by atomic mass is 9.84. The molecule has 2 bridgehead atoms. The molecule has 6 atom stereocenters. The van der Waals surface area contributed by atoms with Gasteiger partial charge < -0.3 is 25.2 Å². The Morgan fingerprint density at radius 3 is 2.55 bits per heavy atom. The highest BCUT2D eigenvalue weighted by atomic mass is 127. The number of nitrogens with one attached hydrogen (secondary N) is 1. The Hall–Kier alpha value is -2.50. The topological polar surface area (TPSA) is 99.1 Å². The largest absolute Gasteiger partial charge is 0.482 e. The van der Waals surface area contributed by atoms with E-state index in [9.17, 15) is 24.2 Å². The fourth-order valence-corrected chi connectivity index (χ4v) is 7.13. The van der Waals surface area contributed by atoms with Gasteiger partial charge in [-0.05, 0) is 95.5 Å². The van der Waals surface area contributed by atoms with Gasteiger partial charge in [0.15, 0.2) is 0 Å². The van der Waals surface area contributed by atoms with Gasteiger partial charge in [0, 0.05) is 31.5 Å². The fraction of sp³-hybridized carbons (Fsp3) is 0.484. The Labute approximate surface area is 247 Å². The minimum atomic E-state index is -1.10. The van der Waals surface area contributed by atoms with Crippen molar-refractivity contribution < 1.29 is 28.9 Å². The number of halogens is 2. The van der Waals surface area contributed by atoms with Crippen LogP contribution in [0.3, 0.4) is 0 Å². The molecule has 214 valence electrons. The summed E-state index contributed by atoms with van der Waals surface area (Å²) < 4.78 is 20.8. The van der Waals surface area contributed by atoms with Gasteiger partial charge in [0.2, 0.25) is 11.8 Å². The number of nitrogens with zero attached hydrogens (tertiary/aromatic N) is 1. The van der Waals surface area contributed by atoms with Crippen molar-refractivity contribution in [1.29, 1.82) is 0 Å². The van der Waals surface area contributed by atoms with E-state index in [4.69, 9.17) is 4.74 Å². The molecular formula is C31H36FIN2O5. The van der Waals surface area contributed by atoms with E-state index in [1.165, 1.54) is 25.0 Å². The van der Waals surface area contributed by atoms with E-state index in [1.807, 2.05) is 18.2 Å². The van der Waals surface area contributed by atoms with Crippen LogP contribution in [0.15, 0.2) is 60.2 Å². The predicted octanol–water partition coefficient (Wildman–Crippen LogP) is 4.20. The Kier molecular flexibility index (Phi) is 9.42. The number of ether oxygens (including phenoxy) is 1. The van der Waals surface area contributed by atoms with E-state index in [2.05, 4.69) is 27.9 Å². The highest BCUT2D eigenvalue weighted by Gasteiger charge is 2.44. The number of hydrogen-bond donors (Lipinski definition) is 3. The molecular weight excluding hydrogens is 626 g/mol. The minimum Gasteiger partial charge on any atom is -0.482 e. The molecule has 40 heavy (non-hydrogen) atoms. The lowest BCUT2D eigenvalue weighted by Crippen LogP contribution is -2.55. The SMILES string of the molecule is O=C(NCCO)C1=C[C@H](Oc2ccccc2I)[C@@H](O)[C@H](N(Cc2ccc(F)cc2)C(=O)CC2CC3CCC2C3)C1. The van der Waals surface area contributed by atoms with Crippen molar-refractivity contribution in [3.63, 3.8) is 0 Å². The van der Waals surface area contributed by atoms with Crippen LogP contribution in [0.1, 0.15) is 44.1 Å². The average molecular weight is 663 g/mol. The van der Waals surface area contributed by atoms with Crippen LogP contribution in [0.4, 0.5) is 4.39 Å². The van der Waals surface area contributed by atoms with Crippen molar-refractivity contribution in [3.05, 3.63) is 75.1 Å². The number of benzene rings is 2. The first-order chi connectivity index (χ1) is 19.3. The second-order valence-corrected chi connectivity index (χ2v) is 12.4. The number of rotatable bonds is 10. The van der Waals surface area contributed by atoms with Crippen molar-refractivity contribution in [1.82, 2.24) is 10.2 Å².